The van der Waals surface area contributed by atoms with Gasteiger partial charge in [0.25, 0.3) is 0 Å². The molecule has 5 nitrogen and oxygen atoms in total. The van der Waals surface area contributed by atoms with E-state index in [-0.39, 0.29) is 19.6 Å². The lowest BCUT2D eigenvalue weighted by molar-refractivity contribution is -0.0617. The summed E-state index contributed by atoms with van der Waals surface area (Å²) in [5, 5.41) is 35.3. The van der Waals surface area contributed by atoms with E-state index >= 15 is 0 Å². The van der Waals surface area contributed by atoms with Gasteiger partial charge in [0.2, 0.25) is 0 Å². The van der Waals surface area contributed by atoms with Crippen molar-refractivity contribution in [1.29, 1.82) is 0 Å². The highest BCUT2D eigenvalue weighted by Crippen LogP contribution is 2.02. The molecule has 0 saturated heterocycles. The van der Waals surface area contributed by atoms with Crippen LogP contribution in [0.4, 0.5) is 0 Å². The van der Waals surface area contributed by atoms with Crippen LogP contribution < -0.4 is 5.73 Å². The van der Waals surface area contributed by atoms with Crippen molar-refractivity contribution in [3.8, 4) is 0 Å². The predicted octanol–water partition coefficient (Wildman–Crippen LogP) is -2.59. The van der Waals surface area contributed by atoms with Crippen LogP contribution in [0.5, 0.6) is 0 Å². The molecule has 6 N–H and O–H groups in total. The molecule has 3 atom stereocenters. The Labute approximate surface area is 65.1 Å². The lowest BCUT2D eigenvalue weighted by Crippen LogP contribution is -2.41. The van der Waals surface area contributed by atoms with E-state index in [2.05, 4.69) is 0 Å². The first-order valence-corrected chi connectivity index (χ1v) is 3.48. The molecule has 0 spiro atoms. The van der Waals surface area contributed by atoms with Crippen molar-refractivity contribution in [2.75, 3.05) is 13.2 Å². The monoisotopic (exact) mass is 165 g/mol. The fraction of sp³-hybridized carbons (Fsp3) is 1.00. The van der Waals surface area contributed by atoms with Gasteiger partial charge in [0.15, 0.2) is 0 Å². The zero-order chi connectivity index (χ0) is 8.85. The van der Waals surface area contributed by atoms with Crippen LogP contribution in [0.3, 0.4) is 0 Å². The van der Waals surface area contributed by atoms with Gasteiger partial charge in [-0.2, -0.15) is 0 Å². The molecule has 0 bridgehead atoms. The summed E-state index contributed by atoms with van der Waals surface area (Å²) < 4.78 is 0. The summed E-state index contributed by atoms with van der Waals surface area (Å²) in [6.45, 7) is -0.334. The first-order chi connectivity index (χ1) is 5.13. The van der Waals surface area contributed by atoms with E-state index in [1.165, 1.54) is 0 Å². The first-order valence-electron chi connectivity index (χ1n) is 3.48. The molecule has 0 fully saturated rings. The van der Waals surface area contributed by atoms with Crippen molar-refractivity contribution in [2.24, 2.45) is 5.73 Å². The van der Waals surface area contributed by atoms with E-state index in [0.29, 0.717) is 0 Å². The molecule has 0 aromatic heterocycles. The van der Waals surface area contributed by atoms with Crippen LogP contribution in [0.25, 0.3) is 0 Å². The molecule has 68 valence electrons. The highest BCUT2D eigenvalue weighted by molar-refractivity contribution is 4.75. The number of aliphatic hydroxyl groups is 4. The summed E-state index contributed by atoms with van der Waals surface area (Å²) in [4.78, 5) is 0. The van der Waals surface area contributed by atoms with Crippen LogP contribution in [0.1, 0.15) is 6.42 Å². The Morgan fingerprint density at radius 3 is 2.00 bits per heavy atom. The molecule has 0 heterocycles. The van der Waals surface area contributed by atoms with E-state index in [9.17, 15) is 0 Å². The molecular formula is C6H15NO4. The molecule has 0 aliphatic carbocycles. The molecule has 0 aromatic rings. The van der Waals surface area contributed by atoms with E-state index in [0.717, 1.165) is 0 Å². The maximum absolute atomic E-state index is 9.03. The Morgan fingerprint density at radius 1 is 1.09 bits per heavy atom. The number of nitrogens with two attached hydrogens (primary N) is 1. The molecule has 0 aliphatic heterocycles. The van der Waals surface area contributed by atoms with Gasteiger partial charge in [0.1, 0.15) is 6.10 Å². The Hall–Kier alpha value is -0.200. The lowest BCUT2D eigenvalue weighted by Gasteiger charge is -2.20. The quantitative estimate of drug-likeness (QED) is 0.307. The largest absolute Gasteiger partial charge is 0.396 e. The Morgan fingerprint density at radius 2 is 1.64 bits per heavy atom. The van der Waals surface area contributed by atoms with Gasteiger partial charge >= 0.3 is 0 Å². The Bertz CT molecular complexity index is 101. The average Bonchev–Trinajstić information content (AvgIpc) is 2.02. The fourth-order valence-electron chi connectivity index (χ4n) is 0.699. The molecule has 0 aromatic carbocycles. The van der Waals surface area contributed by atoms with Crippen molar-refractivity contribution >= 4 is 0 Å². The standard InChI is InChI=1S/C6H15NO4/c7-3-5(10)6(11)4(9)1-2-8/h4-6,8-11H,1-3,7H2/t4?,5?,6-/m0/s1. The molecular weight excluding hydrogens is 150 g/mol. The highest BCUT2D eigenvalue weighted by Gasteiger charge is 2.22. The van der Waals surface area contributed by atoms with E-state index < -0.39 is 18.3 Å². The van der Waals surface area contributed by atoms with Gasteiger partial charge in [-0.1, -0.05) is 0 Å². The third-order valence-corrected chi connectivity index (χ3v) is 1.45. The maximum Gasteiger partial charge on any atom is 0.107 e. The van der Waals surface area contributed by atoms with Gasteiger partial charge in [0.05, 0.1) is 12.2 Å². The van der Waals surface area contributed by atoms with Gasteiger partial charge in [-0.3, -0.25) is 0 Å². The fourth-order valence-corrected chi connectivity index (χ4v) is 0.699. The topological polar surface area (TPSA) is 107 Å². The van der Waals surface area contributed by atoms with Gasteiger partial charge in [-0.15, -0.1) is 0 Å². The summed E-state index contributed by atoms with van der Waals surface area (Å²) in [7, 11) is 0. The van der Waals surface area contributed by atoms with Crippen LogP contribution in [0.15, 0.2) is 0 Å². The van der Waals surface area contributed by atoms with Crippen molar-refractivity contribution in [2.45, 2.75) is 24.7 Å². The normalized spacial score (nSPS) is 19.4. The molecule has 0 aliphatic rings. The molecule has 11 heavy (non-hydrogen) atoms. The number of rotatable bonds is 5. The highest BCUT2D eigenvalue weighted by atomic mass is 16.4. The Balaban J connectivity index is 3.70. The van der Waals surface area contributed by atoms with Crippen molar-refractivity contribution < 1.29 is 20.4 Å². The second kappa shape index (κ2) is 5.45. The SMILES string of the molecule is NCC(O)[C@@H](O)C(O)CCO. The Kier molecular flexibility index (Phi) is 5.35. The van der Waals surface area contributed by atoms with E-state index in [1.807, 2.05) is 0 Å². The minimum Gasteiger partial charge on any atom is -0.396 e. The third kappa shape index (κ3) is 3.64. The van der Waals surface area contributed by atoms with Crippen molar-refractivity contribution in [3.05, 3.63) is 0 Å². The minimum absolute atomic E-state index is 0.0399. The molecule has 0 saturated carbocycles. The number of hydrogen-bond donors (Lipinski definition) is 5. The summed E-state index contributed by atoms with van der Waals surface area (Å²) in [6.07, 6.45) is -3.47. The summed E-state index contributed by atoms with van der Waals surface area (Å²) in [6, 6.07) is 0. The molecule has 2 unspecified atom stereocenters. The summed E-state index contributed by atoms with van der Waals surface area (Å²) in [5.41, 5.74) is 5.02. The second-order valence-corrected chi connectivity index (χ2v) is 2.37. The van der Waals surface area contributed by atoms with Gasteiger partial charge in [0, 0.05) is 13.2 Å². The molecule has 5 heteroatoms. The molecule has 0 radical (unpaired) electrons. The van der Waals surface area contributed by atoms with Crippen LogP contribution in [0, 0.1) is 0 Å². The van der Waals surface area contributed by atoms with Crippen LogP contribution >= 0.6 is 0 Å². The van der Waals surface area contributed by atoms with Crippen LogP contribution in [-0.2, 0) is 0 Å². The van der Waals surface area contributed by atoms with Gasteiger partial charge in [-0.05, 0) is 6.42 Å². The summed E-state index contributed by atoms with van der Waals surface area (Å²) >= 11 is 0. The zero-order valence-corrected chi connectivity index (χ0v) is 6.22. The third-order valence-electron chi connectivity index (χ3n) is 1.45. The second-order valence-electron chi connectivity index (χ2n) is 2.37. The molecule has 0 rings (SSSR count). The smallest absolute Gasteiger partial charge is 0.107 e. The average molecular weight is 165 g/mol. The number of aliphatic hydroxyl groups excluding tert-OH is 4. The van der Waals surface area contributed by atoms with E-state index in [1.54, 1.807) is 0 Å². The van der Waals surface area contributed by atoms with Crippen LogP contribution in [0.2, 0.25) is 0 Å². The number of hydrogen-bond acceptors (Lipinski definition) is 5. The zero-order valence-electron chi connectivity index (χ0n) is 6.22. The lowest BCUT2D eigenvalue weighted by atomic mass is 10.1. The minimum atomic E-state index is -1.27. The van der Waals surface area contributed by atoms with Crippen molar-refractivity contribution in [1.82, 2.24) is 0 Å². The first kappa shape index (κ1) is 10.8. The van der Waals surface area contributed by atoms with Gasteiger partial charge in [-0.25, -0.2) is 0 Å². The maximum atomic E-state index is 9.03. The summed E-state index contributed by atoms with van der Waals surface area (Å²) in [5.74, 6) is 0. The van der Waals surface area contributed by atoms with E-state index in [4.69, 9.17) is 26.2 Å². The molecule has 0 amide bonds. The van der Waals surface area contributed by atoms with Crippen molar-refractivity contribution in [3.63, 3.8) is 0 Å². The van der Waals surface area contributed by atoms with Gasteiger partial charge < -0.3 is 26.2 Å². The van der Waals surface area contributed by atoms with Crippen LogP contribution in [-0.4, -0.2) is 51.9 Å². The predicted molar refractivity (Wildman–Crippen MR) is 38.8 cm³/mol.